The fourth-order valence-electron chi connectivity index (χ4n) is 5.12. The van der Waals surface area contributed by atoms with Crippen molar-refractivity contribution in [1.29, 1.82) is 0 Å². The minimum Gasteiger partial charge on any atom is -0.355 e. The standard InChI is InChI=1S/C25H26N4O2/c1-3-14-26-24(31)29-16-13-18-17-9-5-7-11-20(17)27-22(18)25(29)19-10-6-8-12-21(19)28(15-4-2)23(25)30/h4-12,27H,2-3,13-16H2,1H3,(H,26,31)/t25-/m0/s1. The Morgan fingerprint density at radius 2 is 2.00 bits per heavy atom. The molecule has 0 bridgehead atoms. The largest absolute Gasteiger partial charge is 0.355 e. The molecule has 0 unspecified atom stereocenters. The SMILES string of the molecule is C=CCN1C(=O)[C@]2(c3ccccc31)c1[nH]c3ccccc3c1CCN2C(=O)NCCC. The summed E-state index contributed by atoms with van der Waals surface area (Å²) >= 11 is 0. The number of aromatic nitrogens is 1. The average molecular weight is 415 g/mol. The molecule has 1 aromatic heterocycles. The van der Waals surface area contributed by atoms with Gasteiger partial charge in [-0.25, -0.2) is 4.79 Å². The molecule has 1 atom stereocenters. The molecule has 0 saturated carbocycles. The van der Waals surface area contributed by atoms with Gasteiger partial charge in [0, 0.05) is 36.1 Å². The molecule has 0 fully saturated rings. The number of aromatic amines is 1. The number of carbonyl (C=O) groups excluding carboxylic acids is 2. The second-order valence-corrected chi connectivity index (χ2v) is 8.09. The number of H-pyrrole nitrogens is 1. The lowest BCUT2D eigenvalue weighted by Gasteiger charge is -2.43. The van der Waals surface area contributed by atoms with Crippen molar-refractivity contribution in [1.82, 2.24) is 15.2 Å². The van der Waals surface area contributed by atoms with Gasteiger partial charge in [0.15, 0.2) is 5.54 Å². The van der Waals surface area contributed by atoms with Crippen LogP contribution in [0.25, 0.3) is 10.9 Å². The molecular formula is C25H26N4O2. The number of nitrogens with zero attached hydrogens (tertiary/aromatic N) is 2. The molecule has 31 heavy (non-hydrogen) atoms. The molecule has 3 heterocycles. The van der Waals surface area contributed by atoms with Crippen LogP contribution in [0.3, 0.4) is 0 Å². The minimum absolute atomic E-state index is 0.118. The van der Waals surface area contributed by atoms with Gasteiger partial charge in [-0.2, -0.15) is 0 Å². The van der Waals surface area contributed by atoms with Crippen molar-refractivity contribution in [2.45, 2.75) is 25.3 Å². The molecule has 3 amide bonds. The van der Waals surface area contributed by atoms with E-state index in [0.29, 0.717) is 26.1 Å². The second kappa shape index (κ2) is 7.30. The van der Waals surface area contributed by atoms with Gasteiger partial charge in [-0.1, -0.05) is 49.4 Å². The number of para-hydroxylation sites is 2. The number of anilines is 1. The summed E-state index contributed by atoms with van der Waals surface area (Å²) in [5, 5.41) is 4.11. The van der Waals surface area contributed by atoms with Gasteiger partial charge >= 0.3 is 6.03 Å². The predicted molar refractivity (Wildman–Crippen MR) is 122 cm³/mol. The monoisotopic (exact) mass is 414 g/mol. The van der Waals surface area contributed by atoms with Crippen molar-refractivity contribution in [3.05, 3.63) is 78.0 Å². The molecule has 2 aliphatic rings. The summed E-state index contributed by atoms with van der Waals surface area (Å²) in [5.74, 6) is -0.118. The molecule has 1 spiro atoms. The number of rotatable bonds is 4. The Labute approximate surface area is 181 Å². The van der Waals surface area contributed by atoms with Crippen molar-refractivity contribution in [2.24, 2.45) is 0 Å². The number of urea groups is 1. The summed E-state index contributed by atoms with van der Waals surface area (Å²) in [6.45, 7) is 7.28. The number of benzene rings is 2. The molecule has 0 radical (unpaired) electrons. The molecule has 6 heteroatoms. The minimum atomic E-state index is -1.22. The van der Waals surface area contributed by atoms with Gasteiger partial charge in [0.2, 0.25) is 0 Å². The van der Waals surface area contributed by atoms with E-state index < -0.39 is 5.54 Å². The van der Waals surface area contributed by atoms with E-state index in [2.05, 4.69) is 22.9 Å². The van der Waals surface area contributed by atoms with Crippen LogP contribution in [0, 0.1) is 0 Å². The van der Waals surface area contributed by atoms with E-state index in [-0.39, 0.29) is 11.9 Å². The Bertz CT molecular complexity index is 1200. The van der Waals surface area contributed by atoms with Gasteiger partial charge in [-0.15, -0.1) is 6.58 Å². The lowest BCUT2D eigenvalue weighted by Crippen LogP contribution is -2.61. The number of fused-ring (bicyclic) bond motifs is 6. The van der Waals surface area contributed by atoms with Crippen LogP contribution < -0.4 is 10.2 Å². The van der Waals surface area contributed by atoms with Crippen LogP contribution >= 0.6 is 0 Å². The van der Waals surface area contributed by atoms with Crippen LogP contribution in [-0.4, -0.2) is 41.5 Å². The van der Waals surface area contributed by atoms with Crippen LogP contribution in [0.1, 0.15) is 30.2 Å². The third-order valence-electron chi connectivity index (χ3n) is 6.39. The van der Waals surface area contributed by atoms with Crippen LogP contribution in [0.15, 0.2) is 61.2 Å². The second-order valence-electron chi connectivity index (χ2n) is 8.09. The fourth-order valence-corrected chi connectivity index (χ4v) is 5.12. The topological polar surface area (TPSA) is 68.4 Å². The number of hydrogen-bond donors (Lipinski definition) is 2. The molecule has 2 aliphatic heterocycles. The quantitative estimate of drug-likeness (QED) is 0.636. The molecule has 0 aliphatic carbocycles. The van der Waals surface area contributed by atoms with E-state index in [0.717, 1.165) is 39.8 Å². The molecule has 6 nitrogen and oxygen atoms in total. The zero-order chi connectivity index (χ0) is 21.6. The number of nitrogens with one attached hydrogen (secondary N) is 2. The molecule has 2 aromatic carbocycles. The van der Waals surface area contributed by atoms with Crippen molar-refractivity contribution in [3.8, 4) is 0 Å². The van der Waals surface area contributed by atoms with Crippen LogP contribution in [-0.2, 0) is 16.8 Å². The third kappa shape index (κ3) is 2.57. The highest BCUT2D eigenvalue weighted by atomic mass is 16.2. The molecule has 0 saturated heterocycles. The zero-order valence-corrected chi connectivity index (χ0v) is 17.6. The first-order valence-corrected chi connectivity index (χ1v) is 10.8. The lowest BCUT2D eigenvalue weighted by atomic mass is 9.80. The summed E-state index contributed by atoms with van der Waals surface area (Å²) < 4.78 is 0. The van der Waals surface area contributed by atoms with Gasteiger partial charge in [0.1, 0.15) is 0 Å². The van der Waals surface area contributed by atoms with E-state index in [9.17, 15) is 9.59 Å². The lowest BCUT2D eigenvalue weighted by molar-refractivity contribution is -0.126. The van der Waals surface area contributed by atoms with Crippen LogP contribution in [0.2, 0.25) is 0 Å². The van der Waals surface area contributed by atoms with Gasteiger partial charge in [0.25, 0.3) is 5.91 Å². The number of carbonyl (C=O) groups is 2. The summed E-state index contributed by atoms with van der Waals surface area (Å²) in [5.41, 5.74) is 3.34. The van der Waals surface area contributed by atoms with Crippen molar-refractivity contribution >= 4 is 28.5 Å². The van der Waals surface area contributed by atoms with Gasteiger partial charge in [-0.3, -0.25) is 4.79 Å². The normalized spacial score (nSPS) is 19.6. The highest BCUT2D eigenvalue weighted by Gasteiger charge is 2.60. The zero-order valence-electron chi connectivity index (χ0n) is 17.6. The van der Waals surface area contributed by atoms with E-state index in [1.165, 1.54) is 0 Å². The Morgan fingerprint density at radius 1 is 1.23 bits per heavy atom. The van der Waals surface area contributed by atoms with E-state index in [1.807, 2.05) is 49.4 Å². The third-order valence-corrected chi connectivity index (χ3v) is 6.39. The van der Waals surface area contributed by atoms with Crippen molar-refractivity contribution in [2.75, 3.05) is 24.5 Å². The van der Waals surface area contributed by atoms with Crippen molar-refractivity contribution < 1.29 is 9.59 Å². The fraction of sp³-hybridized carbons (Fsp3) is 0.280. The highest BCUT2D eigenvalue weighted by Crippen LogP contribution is 2.51. The van der Waals surface area contributed by atoms with E-state index in [1.54, 1.807) is 15.9 Å². The van der Waals surface area contributed by atoms with E-state index in [4.69, 9.17) is 0 Å². The Morgan fingerprint density at radius 3 is 2.81 bits per heavy atom. The summed E-state index contributed by atoms with van der Waals surface area (Å²) in [6, 6.07) is 15.7. The van der Waals surface area contributed by atoms with E-state index >= 15 is 0 Å². The van der Waals surface area contributed by atoms with Gasteiger partial charge in [-0.05, 0) is 30.5 Å². The first-order chi connectivity index (χ1) is 15.1. The smallest absolute Gasteiger partial charge is 0.318 e. The summed E-state index contributed by atoms with van der Waals surface area (Å²) in [6.07, 6.45) is 3.25. The maximum atomic E-state index is 14.2. The number of hydrogen-bond acceptors (Lipinski definition) is 2. The molecule has 158 valence electrons. The Kier molecular flexibility index (Phi) is 4.58. The highest BCUT2D eigenvalue weighted by molar-refractivity contribution is 6.12. The summed E-state index contributed by atoms with van der Waals surface area (Å²) in [7, 11) is 0. The summed E-state index contributed by atoms with van der Waals surface area (Å²) in [4.78, 5) is 34.6. The maximum absolute atomic E-state index is 14.2. The van der Waals surface area contributed by atoms with Crippen LogP contribution in [0.4, 0.5) is 10.5 Å². The molecule has 2 N–H and O–H groups in total. The predicted octanol–water partition coefficient (Wildman–Crippen LogP) is 3.92. The Hall–Kier alpha value is -3.54. The van der Waals surface area contributed by atoms with Crippen molar-refractivity contribution in [3.63, 3.8) is 0 Å². The Balaban J connectivity index is 1.81. The number of amides is 3. The maximum Gasteiger partial charge on any atom is 0.318 e. The first kappa shape index (κ1) is 19.4. The van der Waals surface area contributed by atoms with Gasteiger partial charge in [0.05, 0.1) is 11.4 Å². The molecule has 3 aromatic rings. The average Bonchev–Trinajstić information content (AvgIpc) is 3.29. The molecular weight excluding hydrogens is 388 g/mol. The molecule has 5 rings (SSSR count). The van der Waals surface area contributed by atoms with Gasteiger partial charge < -0.3 is 20.1 Å². The van der Waals surface area contributed by atoms with Crippen LogP contribution in [0.5, 0.6) is 0 Å². The first-order valence-electron chi connectivity index (χ1n) is 10.8.